The fraction of sp³-hybridized carbons (Fsp3) is 0.294. The van der Waals surface area contributed by atoms with Crippen LogP contribution < -0.4 is 4.74 Å². The summed E-state index contributed by atoms with van der Waals surface area (Å²) < 4.78 is 33.1. The van der Waals surface area contributed by atoms with Crippen LogP contribution in [0.4, 0.5) is 8.78 Å². The SMILES string of the molecule is CC1(C)COc2ccc(C(O)c3c(F)cccc3F)cc21. The molecule has 0 spiro atoms. The monoisotopic (exact) mass is 290 g/mol. The highest BCUT2D eigenvalue weighted by atomic mass is 19.1. The van der Waals surface area contributed by atoms with Crippen LogP contribution in [0.5, 0.6) is 5.75 Å². The van der Waals surface area contributed by atoms with E-state index in [2.05, 4.69) is 0 Å². The number of benzene rings is 2. The summed E-state index contributed by atoms with van der Waals surface area (Å²) in [5, 5.41) is 10.3. The van der Waals surface area contributed by atoms with Crippen LogP contribution in [0.15, 0.2) is 36.4 Å². The third-order valence-electron chi connectivity index (χ3n) is 3.91. The van der Waals surface area contributed by atoms with Gasteiger partial charge in [-0.25, -0.2) is 8.78 Å². The van der Waals surface area contributed by atoms with Crippen molar-refractivity contribution in [3.63, 3.8) is 0 Å². The molecular formula is C17H16F2O2. The van der Waals surface area contributed by atoms with E-state index in [1.54, 1.807) is 18.2 Å². The zero-order chi connectivity index (χ0) is 15.2. The average molecular weight is 290 g/mol. The number of aliphatic hydroxyl groups is 1. The lowest BCUT2D eigenvalue weighted by molar-refractivity contribution is 0.209. The van der Waals surface area contributed by atoms with Crippen LogP contribution >= 0.6 is 0 Å². The van der Waals surface area contributed by atoms with E-state index in [0.29, 0.717) is 12.2 Å². The molecule has 110 valence electrons. The van der Waals surface area contributed by atoms with Crippen molar-refractivity contribution < 1.29 is 18.6 Å². The summed E-state index contributed by atoms with van der Waals surface area (Å²) in [5.74, 6) is -0.748. The Labute approximate surface area is 122 Å². The maximum Gasteiger partial charge on any atom is 0.132 e. The van der Waals surface area contributed by atoms with Crippen LogP contribution in [0.3, 0.4) is 0 Å². The topological polar surface area (TPSA) is 29.5 Å². The Kier molecular flexibility index (Phi) is 3.21. The Bertz CT molecular complexity index is 675. The predicted octanol–water partition coefficient (Wildman–Crippen LogP) is 3.72. The molecule has 21 heavy (non-hydrogen) atoms. The highest BCUT2D eigenvalue weighted by Crippen LogP contribution is 2.40. The molecule has 0 saturated carbocycles. The van der Waals surface area contributed by atoms with Crippen molar-refractivity contribution in [2.45, 2.75) is 25.4 Å². The molecule has 0 bridgehead atoms. The molecule has 1 heterocycles. The Balaban J connectivity index is 2.06. The van der Waals surface area contributed by atoms with Gasteiger partial charge in [-0.3, -0.25) is 0 Å². The molecule has 0 fully saturated rings. The van der Waals surface area contributed by atoms with Gasteiger partial charge in [-0.15, -0.1) is 0 Å². The zero-order valence-corrected chi connectivity index (χ0v) is 11.9. The van der Waals surface area contributed by atoms with E-state index in [9.17, 15) is 13.9 Å². The van der Waals surface area contributed by atoms with Crippen LogP contribution in [-0.4, -0.2) is 11.7 Å². The molecule has 1 atom stereocenters. The van der Waals surface area contributed by atoms with Crippen LogP contribution in [0, 0.1) is 11.6 Å². The molecule has 0 saturated heterocycles. The van der Waals surface area contributed by atoms with Crippen LogP contribution in [0.2, 0.25) is 0 Å². The molecule has 1 unspecified atom stereocenters. The van der Waals surface area contributed by atoms with Gasteiger partial charge in [0.1, 0.15) is 23.5 Å². The minimum atomic E-state index is -1.34. The molecule has 2 aromatic carbocycles. The van der Waals surface area contributed by atoms with E-state index in [1.807, 2.05) is 13.8 Å². The summed E-state index contributed by atoms with van der Waals surface area (Å²) >= 11 is 0. The fourth-order valence-electron chi connectivity index (χ4n) is 2.65. The van der Waals surface area contributed by atoms with Gasteiger partial charge in [0, 0.05) is 11.0 Å². The third-order valence-corrected chi connectivity index (χ3v) is 3.91. The molecule has 0 aliphatic carbocycles. The maximum atomic E-state index is 13.8. The lowest BCUT2D eigenvalue weighted by atomic mass is 9.85. The van der Waals surface area contributed by atoms with Crippen LogP contribution in [0.1, 0.15) is 36.6 Å². The Morgan fingerprint density at radius 2 is 1.81 bits per heavy atom. The Morgan fingerprint density at radius 3 is 2.48 bits per heavy atom. The minimum absolute atomic E-state index is 0.182. The second kappa shape index (κ2) is 4.81. The van der Waals surface area contributed by atoms with Crippen molar-refractivity contribution in [2.75, 3.05) is 6.61 Å². The van der Waals surface area contributed by atoms with E-state index in [1.165, 1.54) is 6.07 Å². The number of fused-ring (bicyclic) bond motifs is 1. The normalized spacial score (nSPS) is 17.2. The van der Waals surface area contributed by atoms with Gasteiger partial charge >= 0.3 is 0 Å². The van der Waals surface area contributed by atoms with Gasteiger partial charge in [-0.1, -0.05) is 26.0 Å². The van der Waals surface area contributed by atoms with E-state index >= 15 is 0 Å². The van der Waals surface area contributed by atoms with Gasteiger partial charge in [0.25, 0.3) is 0 Å². The number of hydrogen-bond acceptors (Lipinski definition) is 2. The summed E-state index contributed by atoms with van der Waals surface area (Å²) in [6.07, 6.45) is -1.34. The molecule has 1 aliphatic rings. The van der Waals surface area contributed by atoms with Crippen molar-refractivity contribution in [1.29, 1.82) is 0 Å². The first-order chi connectivity index (χ1) is 9.90. The largest absolute Gasteiger partial charge is 0.492 e. The first-order valence-corrected chi connectivity index (χ1v) is 6.79. The maximum absolute atomic E-state index is 13.8. The first-order valence-electron chi connectivity index (χ1n) is 6.79. The van der Waals surface area contributed by atoms with Crippen molar-refractivity contribution in [3.05, 3.63) is 64.7 Å². The molecule has 1 aliphatic heterocycles. The van der Waals surface area contributed by atoms with Gasteiger partial charge in [0.2, 0.25) is 0 Å². The minimum Gasteiger partial charge on any atom is -0.492 e. The number of aliphatic hydroxyl groups excluding tert-OH is 1. The molecule has 4 heteroatoms. The first kappa shape index (κ1) is 14.0. The Hall–Kier alpha value is -1.94. The van der Waals surface area contributed by atoms with Gasteiger partial charge in [0.05, 0.1) is 12.2 Å². The van der Waals surface area contributed by atoms with Gasteiger partial charge < -0.3 is 9.84 Å². The molecule has 0 radical (unpaired) electrons. The van der Waals surface area contributed by atoms with E-state index in [0.717, 1.165) is 23.4 Å². The number of rotatable bonds is 2. The summed E-state index contributed by atoms with van der Waals surface area (Å²) in [6, 6.07) is 8.70. The van der Waals surface area contributed by atoms with E-state index in [4.69, 9.17) is 4.74 Å². The van der Waals surface area contributed by atoms with Crippen molar-refractivity contribution in [2.24, 2.45) is 0 Å². The highest BCUT2D eigenvalue weighted by Gasteiger charge is 2.32. The van der Waals surface area contributed by atoms with Crippen molar-refractivity contribution >= 4 is 0 Å². The summed E-state index contributed by atoms with van der Waals surface area (Å²) in [6.45, 7) is 4.60. The van der Waals surface area contributed by atoms with Gasteiger partial charge in [0.15, 0.2) is 0 Å². The zero-order valence-electron chi connectivity index (χ0n) is 11.9. The number of ether oxygens (including phenoxy) is 1. The summed E-state index contributed by atoms with van der Waals surface area (Å²) in [7, 11) is 0. The fourth-order valence-corrected chi connectivity index (χ4v) is 2.65. The quantitative estimate of drug-likeness (QED) is 0.913. The molecule has 1 N–H and O–H groups in total. The van der Waals surface area contributed by atoms with Crippen molar-refractivity contribution in [3.8, 4) is 5.75 Å². The molecule has 0 amide bonds. The Morgan fingerprint density at radius 1 is 1.14 bits per heavy atom. The van der Waals surface area contributed by atoms with E-state index in [-0.39, 0.29) is 11.0 Å². The van der Waals surface area contributed by atoms with E-state index < -0.39 is 17.7 Å². The number of hydrogen-bond donors (Lipinski definition) is 1. The average Bonchev–Trinajstić information content (AvgIpc) is 2.74. The number of halogens is 2. The van der Waals surface area contributed by atoms with Crippen molar-refractivity contribution in [1.82, 2.24) is 0 Å². The highest BCUT2D eigenvalue weighted by molar-refractivity contribution is 5.47. The summed E-state index contributed by atoms with van der Waals surface area (Å²) in [5.41, 5.74) is 0.889. The second-order valence-electron chi connectivity index (χ2n) is 5.97. The second-order valence-corrected chi connectivity index (χ2v) is 5.97. The van der Waals surface area contributed by atoms with Crippen LogP contribution in [0.25, 0.3) is 0 Å². The molecule has 2 aromatic rings. The predicted molar refractivity (Wildman–Crippen MR) is 75.4 cm³/mol. The molecule has 0 aromatic heterocycles. The molecule has 3 rings (SSSR count). The molecule has 2 nitrogen and oxygen atoms in total. The molecular weight excluding hydrogens is 274 g/mol. The van der Waals surface area contributed by atoms with Gasteiger partial charge in [-0.2, -0.15) is 0 Å². The third kappa shape index (κ3) is 2.29. The van der Waals surface area contributed by atoms with Gasteiger partial charge in [-0.05, 0) is 29.8 Å². The standard InChI is InChI=1S/C17H16F2O2/c1-17(2)9-21-14-7-6-10(8-11(14)17)16(20)15-12(18)4-3-5-13(15)19/h3-8,16,20H,9H2,1-2H3. The smallest absolute Gasteiger partial charge is 0.132 e. The summed E-state index contributed by atoms with van der Waals surface area (Å²) in [4.78, 5) is 0. The lowest BCUT2D eigenvalue weighted by Crippen LogP contribution is -2.18. The lowest BCUT2D eigenvalue weighted by Gasteiger charge is -2.18. The van der Waals surface area contributed by atoms with Crippen LogP contribution in [-0.2, 0) is 5.41 Å².